The van der Waals surface area contributed by atoms with Gasteiger partial charge in [-0.2, -0.15) is 4.98 Å². The van der Waals surface area contributed by atoms with E-state index >= 15 is 0 Å². The Kier molecular flexibility index (Phi) is 8.56. The molecule has 1 fully saturated rings. The van der Waals surface area contributed by atoms with E-state index in [1.54, 1.807) is 36.3 Å². The molecule has 1 aliphatic heterocycles. The van der Waals surface area contributed by atoms with Gasteiger partial charge in [0.25, 0.3) is 0 Å². The zero-order valence-corrected chi connectivity index (χ0v) is 23.3. The summed E-state index contributed by atoms with van der Waals surface area (Å²) in [7, 11) is 3.09. The Balaban J connectivity index is 1.50. The lowest BCUT2D eigenvalue weighted by molar-refractivity contribution is -0.384. The highest BCUT2D eigenvalue weighted by atomic mass is 16.6. The Bertz CT molecular complexity index is 1370. The first-order valence-corrected chi connectivity index (χ1v) is 12.9. The number of nitrogens with zero attached hydrogens (tertiary/aromatic N) is 4. The van der Waals surface area contributed by atoms with Crippen molar-refractivity contribution >= 4 is 34.9 Å². The van der Waals surface area contributed by atoms with Gasteiger partial charge in [-0.1, -0.05) is 18.2 Å². The van der Waals surface area contributed by atoms with Gasteiger partial charge in [0.15, 0.2) is 0 Å². The number of para-hydroxylation sites is 2. The molecule has 1 amide bonds. The van der Waals surface area contributed by atoms with Crippen LogP contribution in [0.1, 0.15) is 45.1 Å². The lowest BCUT2D eigenvalue weighted by atomic mass is 9.89. The van der Waals surface area contributed by atoms with E-state index in [2.05, 4.69) is 20.6 Å². The SMILES string of the molecule is COc1cc(C2CCN(C(=O)OC(C)(C)C)CC2)ccc1Nc1ncc([N+](=O)[O-])c(Nc2ccccc2OC)n1. The Hall–Kier alpha value is -4.61. The number of likely N-dealkylation sites (tertiary alicyclic amines) is 1. The molecule has 1 saturated heterocycles. The third-order valence-corrected chi connectivity index (χ3v) is 6.42. The topological polar surface area (TPSA) is 141 Å². The maximum atomic E-state index is 12.4. The van der Waals surface area contributed by atoms with E-state index in [-0.39, 0.29) is 29.5 Å². The zero-order valence-electron chi connectivity index (χ0n) is 23.3. The summed E-state index contributed by atoms with van der Waals surface area (Å²) >= 11 is 0. The van der Waals surface area contributed by atoms with Gasteiger partial charge in [-0.15, -0.1) is 0 Å². The molecule has 3 aromatic rings. The van der Waals surface area contributed by atoms with Crippen LogP contribution in [0.5, 0.6) is 11.5 Å². The first kappa shape index (κ1) is 28.4. The van der Waals surface area contributed by atoms with E-state index in [0.717, 1.165) is 24.6 Å². The van der Waals surface area contributed by atoms with Crippen LogP contribution < -0.4 is 20.1 Å². The molecule has 0 saturated carbocycles. The third kappa shape index (κ3) is 6.87. The molecule has 2 heterocycles. The van der Waals surface area contributed by atoms with Gasteiger partial charge in [-0.3, -0.25) is 10.1 Å². The molecule has 0 radical (unpaired) electrons. The zero-order chi connectivity index (χ0) is 28.9. The van der Waals surface area contributed by atoms with E-state index in [0.29, 0.717) is 36.0 Å². The first-order valence-electron chi connectivity index (χ1n) is 12.9. The summed E-state index contributed by atoms with van der Waals surface area (Å²) in [5.74, 6) is 1.51. The molecule has 40 heavy (non-hydrogen) atoms. The Labute approximate surface area is 232 Å². The number of benzene rings is 2. The number of nitrogens with one attached hydrogen (secondary N) is 2. The maximum absolute atomic E-state index is 12.4. The monoisotopic (exact) mass is 550 g/mol. The molecule has 1 aliphatic rings. The molecule has 0 atom stereocenters. The molecule has 4 rings (SSSR count). The molecular weight excluding hydrogens is 516 g/mol. The van der Waals surface area contributed by atoms with E-state index in [4.69, 9.17) is 14.2 Å². The number of carbonyl (C=O) groups is 1. The van der Waals surface area contributed by atoms with Crippen molar-refractivity contribution in [2.75, 3.05) is 37.9 Å². The average Bonchev–Trinajstić information content (AvgIpc) is 2.92. The minimum absolute atomic E-state index is 0.0133. The molecule has 0 spiro atoms. The number of piperidine rings is 1. The Morgan fingerprint density at radius 1 is 1.02 bits per heavy atom. The lowest BCUT2D eigenvalue weighted by Gasteiger charge is -2.33. The smallest absolute Gasteiger partial charge is 0.410 e. The normalized spacial score (nSPS) is 13.9. The van der Waals surface area contributed by atoms with Gasteiger partial charge in [0, 0.05) is 13.1 Å². The van der Waals surface area contributed by atoms with Crippen LogP contribution in [0, 0.1) is 10.1 Å². The summed E-state index contributed by atoms with van der Waals surface area (Å²) in [6.07, 6.45) is 2.47. The number of nitro groups is 1. The Morgan fingerprint density at radius 3 is 2.35 bits per heavy atom. The predicted octanol–water partition coefficient (Wildman–Crippen LogP) is 6.00. The second kappa shape index (κ2) is 12.1. The summed E-state index contributed by atoms with van der Waals surface area (Å²) in [6, 6.07) is 12.9. The minimum atomic E-state index is -0.551. The van der Waals surface area contributed by atoms with Crippen LogP contribution in [0.4, 0.5) is 33.6 Å². The van der Waals surface area contributed by atoms with Gasteiger partial charge >= 0.3 is 11.8 Å². The van der Waals surface area contributed by atoms with Crippen LogP contribution in [0.2, 0.25) is 0 Å². The van der Waals surface area contributed by atoms with Crippen molar-refractivity contribution in [1.29, 1.82) is 0 Å². The summed E-state index contributed by atoms with van der Waals surface area (Å²) in [5.41, 5.74) is 1.42. The number of carbonyl (C=O) groups excluding carboxylic acids is 1. The van der Waals surface area contributed by atoms with Crippen molar-refractivity contribution < 1.29 is 23.9 Å². The van der Waals surface area contributed by atoms with Gasteiger partial charge in [0.2, 0.25) is 11.8 Å². The Morgan fingerprint density at radius 2 is 1.70 bits per heavy atom. The van der Waals surface area contributed by atoms with Crippen LogP contribution in [0.15, 0.2) is 48.7 Å². The molecule has 12 heteroatoms. The largest absolute Gasteiger partial charge is 0.495 e. The van der Waals surface area contributed by atoms with Crippen LogP contribution in [-0.4, -0.2) is 58.8 Å². The first-order chi connectivity index (χ1) is 19.1. The highest BCUT2D eigenvalue weighted by Gasteiger charge is 2.28. The van der Waals surface area contributed by atoms with Crippen LogP contribution in [0.3, 0.4) is 0 Å². The number of hydrogen-bond donors (Lipinski definition) is 2. The van der Waals surface area contributed by atoms with Crippen molar-refractivity contribution in [3.05, 3.63) is 64.3 Å². The van der Waals surface area contributed by atoms with Crippen LogP contribution in [0.25, 0.3) is 0 Å². The number of aromatic nitrogens is 2. The number of hydrogen-bond acceptors (Lipinski definition) is 10. The van der Waals surface area contributed by atoms with E-state index in [9.17, 15) is 14.9 Å². The summed E-state index contributed by atoms with van der Waals surface area (Å²) < 4.78 is 16.5. The van der Waals surface area contributed by atoms with Gasteiger partial charge in [0.1, 0.15) is 23.3 Å². The highest BCUT2D eigenvalue weighted by Crippen LogP contribution is 2.36. The van der Waals surface area contributed by atoms with Gasteiger partial charge in [-0.05, 0) is 69.4 Å². The minimum Gasteiger partial charge on any atom is -0.495 e. The fraction of sp³-hybridized carbons (Fsp3) is 0.393. The van der Waals surface area contributed by atoms with Gasteiger partial charge in [-0.25, -0.2) is 9.78 Å². The molecule has 0 bridgehead atoms. The van der Waals surface area contributed by atoms with Crippen molar-refractivity contribution in [2.24, 2.45) is 0 Å². The highest BCUT2D eigenvalue weighted by molar-refractivity contribution is 5.72. The summed E-state index contributed by atoms with van der Waals surface area (Å²) in [5, 5.41) is 17.7. The quantitative estimate of drug-likeness (QED) is 0.253. The van der Waals surface area contributed by atoms with Gasteiger partial charge in [0.05, 0.1) is 30.5 Å². The lowest BCUT2D eigenvalue weighted by Crippen LogP contribution is -2.41. The van der Waals surface area contributed by atoms with Crippen LogP contribution >= 0.6 is 0 Å². The van der Waals surface area contributed by atoms with Crippen molar-refractivity contribution in [2.45, 2.75) is 45.1 Å². The van der Waals surface area contributed by atoms with Crippen molar-refractivity contribution in [3.63, 3.8) is 0 Å². The van der Waals surface area contributed by atoms with Crippen molar-refractivity contribution in [1.82, 2.24) is 14.9 Å². The van der Waals surface area contributed by atoms with E-state index < -0.39 is 10.5 Å². The maximum Gasteiger partial charge on any atom is 0.410 e. The number of anilines is 4. The fourth-order valence-corrected chi connectivity index (χ4v) is 4.44. The summed E-state index contributed by atoms with van der Waals surface area (Å²) in [6.45, 7) is 6.80. The predicted molar refractivity (Wildman–Crippen MR) is 151 cm³/mol. The third-order valence-electron chi connectivity index (χ3n) is 6.42. The second-order valence-corrected chi connectivity index (χ2v) is 10.3. The van der Waals surface area contributed by atoms with Crippen molar-refractivity contribution in [3.8, 4) is 11.5 Å². The molecular formula is C28H34N6O6. The molecule has 212 valence electrons. The number of rotatable bonds is 8. The molecule has 0 unspecified atom stereocenters. The molecule has 1 aromatic heterocycles. The standard InChI is InChI=1S/C28H34N6O6/c1-28(2,3)40-27(35)33-14-12-18(13-15-33)19-10-11-21(24(16-19)39-5)31-26-29-17-22(34(36)37)25(32-26)30-20-8-6-7-9-23(20)38-4/h6-11,16-18H,12-15H2,1-5H3,(H2,29,30,31,32). The summed E-state index contributed by atoms with van der Waals surface area (Å²) in [4.78, 5) is 33.7. The average molecular weight is 551 g/mol. The molecule has 2 N–H and O–H groups in total. The van der Waals surface area contributed by atoms with E-state index in [1.807, 2.05) is 39.0 Å². The van der Waals surface area contributed by atoms with Gasteiger partial charge < -0.3 is 29.7 Å². The molecule has 0 aliphatic carbocycles. The van der Waals surface area contributed by atoms with Crippen LogP contribution in [-0.2, 0) is 4.74 Å². The fourth-order valence-electron chi connectivity index (χ4n) is 4.44. The second-order valence-electron chi connectivity index (χ2n) is 10.3. The number of amides is 1. The number of ether oxygens (including phenoxy) is 3. The van der Waals surface area contributed by atoms with E-state index in [1.165, 1.54) is 7.11 Å². The number of methoxy groups -OCH3 is 2. The molecule has 12 nitrogen and oxygen atoms in total. The molecule has 2 aromatic carbocycles.